The summed E-state index contributed by atoms with van der Waals surface area (Å²) in [6.45, 7) is 6.05. The van der Waals surface area contributed by atoms with E-state index in [1.165, 1.54) is 31.0 Å². The highest BCUT2D eigenvalue weighted by molar-refractivity contribution is 6.46. The number of halogens is 1. The number of imide groups is 1. The van der Waals surface area contributed by atoms with Crippen molar-refractivity contribution in [3.8, 4) is 0 Å². The molecule has 0 atom stereocenters. The second kappa shape index (κ2) is 8.78. The number of amides is 2. The summed E-state index contributed by atoms with van der Waals surface area (Å²) in [4.78, 5) is 30.4. The maximum Gasteiger partial charge on any atom is 0.282 e. The quantitative estimate of drug-likeness (QED) is 0.521. The van der Waals surface area contributed by atoms with Crippen LogP contribution in [0.3, 0.4) is 0 Å². The van der Waals surface area contributed by atoms with Crippen molar-refractivity contribution in [3.63, 3.8) is 0 Å². The number of aryl methyl sites for hydroxylation is 2. The Morgan fingerprint density at radius 3 is 2.21 bits per heavy atom. The summed E-state index contributed by atoms with van der Waals surface area (Å²) >= 11 is 0. The lowest BCUT2D eigenvalue weighted by atomic mass is 9.99. The molecule has 0 spiro atoms. The smallest absolute Gasteiger partial charge is 0.282 e. The van der Waals surface area contributed by atoms with Crippen molar-refractivity contribution in [3.05, 3.63) is 94.9 Å². The summed E-state index contributed by atoms with van der Waals surface area (Å²) in [6, 6.07) is 19.1. The molecule has 6 heteroatoms. The summed E-state index contributed by atoms with van der Waals surface area (Å²) in [6.07, 6.45) is 2.39. The van der Waals surface area contributed by atoms with E-state index in [1.807, 2.05) is 56.3 Å². The minimum Gasteiger partial charge on any atom is -0.372 e. The van der Waals surface area contributed by atoms with Crippen molar-refractivity contribution in [1.29, 1.82) is 0 Å². The Morgan fingerprint density at radius 1 is 0.794 bits per heavy atom. The van der Waals surface area contributed by atoms with E-state index in [9.17, 15) is 14.0 Å². The Morgan fingerprint density at radius 2 is 1.53 bits per heavy atom. The maximum absolute atomic E-state index is 13.9. The van der Waals surface area contributed by atoms with Gasteiger partial charge in [-0.3, -0.25) is 9.59 Å². The molecule has 0 aromatic heterocycles. The fourth-order valence-electron chi connectivity index (χ4n) is 4.54. The molecule has 1 saturated heterocycles. The van der Waals surface area contributed by atoms with Crippen LogP contribution in [-0.4, -0.2) is 24.9 Å². The van der Waals surface area contributed by atoms with Crippen LogP contribution in [-0.2, 0) is 9.59 Å². The van der Waals surface area contributed by atoms with E-state index in [-0.39, 0.29) is 17.0 Å². The molecule has 1 fully saturated rings. The zero-order valence-corrected chi connectivity index (χ0v) is 19.3. The van der Waals surface area contributed by atoms with Gasteiger partial charge in [0.25, 0.3) is 11.8 Å². The Labute approximate surface area is 198 Å². The Balaban J connectivity index is 1.54. The number of hydrogen-bond acceptors (Lipinski definition) is 4. The maximum atomic E-state index is 13.9. The first-order chi connectivity index (χ1) is 16.4. The molecule has 172 valence electrons. The summed E-state index contributed by atoms with van der Waals surface area (Å²) in [5.41, 5.74) is 5.28. The highest BCUT2D eigenvalue weighted by Gasteiger charge is 2.40. The Bertz CT molecular complexity index is 1310. The van der Waals surface area contributed by atoms with Crippen molar-refractivity contribution in [1.82, 2.24) is 0 Å². The third-order valence-electron chi connectivity index (χ3n) is 6.55. The molecule has 1 N–H and O–H groups in total. The molecule has 5 rings (SSSR count). The van der Waals surface area contributed by atoms with Gasteiger partial charge in [0.15, 0.2) is 0 Å². The van der Waals surface area contributed by atoms with E-state index >= 15 is 0 Å². The van der Waals surface area contributed by atoms with Gasteiger partial charge in [0.1, 0.15) is 11.5 Å². The highest BCUT2D eigenvalue weighted by atomic mass is 19.1. The van der Waals surface area contributed by atoms with Gasteiger partial charge in [-0.1, -0.05) is 24.3 Å². The Kier molecular flexibility index (Phi) is 5.65. The van der Waals surface area contributed by atoms with Gasteiger partial charge in [-0.15, -0.1) is 0 Å². The standard InChI is InChI=1S/C28H26FN3O2/c1-18-8-9-20(16-19(18)2)25-26(28(34)32(27(25)33)24-7-5-6-21(29)17-24)30-22-10-12-23(13-11-22)31-14-3-4-15-31/h5-13,16-17,30H,3-4,14-15H2,1-2H3. The van der Waals surface area contributed by atoms with Crippen LogP contribution in [0.2, 0.25) is 0 Å². The van der Waals surface area contributed by atoms with Crippen LogP contribution in [0, 0.1) is 19.7 Å². The molecule has 0 radical (unpaired) electrons. The number of hydrogen-bond donors (Lipinski definition) is 1. The van der Waals surface area contributed by atoms with Crippen molar-refractivity contribution in [2.24, 2.45) is 0 Å². The van der Waals surface area contributed by atoms with E-state index in [4.69, 9.17) is 0 Å². The first-order valence-corrected chi connectivity index (χ1v) is 11.5. The van der Waals surface area contributed by atoms with Crippen LogP contribution in [0.4, 0.5) is 21.5 Å². The lowest BCUT2D eigenvalue weighted by Crippen LogP contribution is -2.32. The fourth-order valence-corrected chi connectivity index (χ4v) is 4.54. The molecule has 0 unspecified atom stereocenters. The van der Waals surface area contributed by atoms with Gasteiger partial charge >= 0.3 is 0 Å². The van der Waals surface area contributed by atoms with Crippen molar-refractivity contribution < 1.29 is 14.0 Å². The minimum atomic E-state index is -0.509. The van der Waals surface area contributed by atoms with E-state index in [0.717, 1.165) is 34.8 Å². The number of anilines is 3. The number of carbonyl (C=O) groups is 2. The monoisotopic (exact) mass is 455 g/mol. The average Bonchev–Trinajstić information content (AvgIpc) is 3.44. The summed E-state index contributed by atoms with van der Waals surface area (Å²) in [5, 5.41) is 3.19. The molecule has 34 heavy (non-hydrogen) atoms. The SMILES string of the molecule is Cc1ccc(C2=C(Nc3ccc(N4CCCC4)cc3)C(=O)N(c3cccc(F)c3)C2=O)cc1C. The van der Waals surface area contributed by atoms with Crippen LogP contribution in [0.25, 0.3) is 5.57 Å². The summed E-state index contributed by atoms with van der Waals surface area (Å²) in [7, 11) is 0. The third kappa shape index (κ3) is 3.96. The molecule has 0 saturated carbocycles. The average molecular weight is 456 g/mol. The summed E-state index contributed by atoms with van der Waals surface area (Å²) < 4.78 is 13.9. The molecule has 0 aliphatic carbocycles. The zero-order chi connectivity index (χ0) is 23.8. The molecule has 2 aliphatic heterocycles. The molecule has 5 nitrogen and oxygen atoms in total. The van der Waals surface area contributed by atoms with E-state index in [0.29, 0.717) is 11.3 Å². The van der Waals surface area contributed by atoms with Gasteiger partial charge in [0, 0.05) is 24.5 Å². The van der Waals surface area contributed by atoms with Crippen LogP contribution < -0.4 is 15.1 Å². The van der Waals surface area contributed by atoms with E-state index in [1.54, 1.807) is 6.07 Å². The van der Waals surface area contributed by atoms with Gasteiger partial charge in [0.05, 0.1) is 11.3 Å². The second-order valence-electron chi connectivity index (χ2n) is 8.84. The zero-order valence-electron chi connectivity index (χ0n) is 19.3. The van der Waals surface area contributed by atoms with Crippen LogP contribution in [0.15, 0.2) is 72.4 Å². The number of benzene rings is 3. The second-order valence-corrected chi connectivity index (χ2v) is 8.84. The minimum absolute atomic E-state index is 0.187. The van der Waals surface area contributed by atoms with Gasteiger partial charge in [-0.2, -0.15) is 0 Å². The molecule has 2 aliphatic rings. The van der Waals surface area contributed by atoms with Crippen LogP contribution in [0.1, 0.15) is 29.5 Å². The van der Waals surface area contributed by atoms with Gasteiger partial charge < -0.3 is 10.2 Å². The van der Waals surface area contributed by atoms with Crippen molar-refractivity contribution >= 4 is 34.4 Å². The van der Waals surface area contributed by atoms with Gasteiger partial charge in [0.2, 0.25) is 0 Å². The largest absolute Gasteiger partial charge is 0.372 e. The molecule has 2 heterocycles. The molecule has 3 aromatic carbocycles. The molecular formula is C28H26FN3O2. The topological polar surface area (TPSA) is 52.7 Å². The number of rotatable bonds is 5. The van der Waals surface area contributed by atoms with Gasteiger partial charge in [-0.25, -0.2) is 9.29 Å². The number of carbonyl (C=O) groups excluding carboxylic acids is 2. The first-order valence-electron chi connectivity index (χ1n) is 11.5. The molecule has 2 amide bonds. The van der Waals surface area contributed by atoms with Gasteiger partial charge in [-0.05, 0) is 85.8 Å². The summed E-state index contributed by atoms with van der Waals surface area (Å²) in [5.74, 6) is -1.49. The predicted molar refractivity (Wildman–Crippen MR) is 133 cm³/mol. The molecule has 3 aromatic rings. The van der Waals surface area contributed by atoms with E-state index in [2.05, 4.69) is 10.2 Å². The first kappa shape index (κ1) is 21.9. The van der Waals surface area contributed by atoms with Crippen LogP contribution in [0.5, 0.6) is 0 Å². The lowest BCUT2D eigenvalue weighted by molar-refractivity contribution is -0.120. The van der Waals surface area contributed by atoms with E-state index < -0.39 is 17.6 Å². The molecule has 0 bridgehead atoms. The normalized spacial score (nSPS) is 16.1. The van der Waals surface area contributed by atoms with Crippen molar-refractivity contribution in [2.45, 2.75) is 26.7 Å². The number of nitrogens with zero attached hydrogens (tertiary/aromatic N) is 2. The van der Waals surface area contributed by atoms with Crippen molar-refractivity contribution in [2.75, 3.05) is 28.2 Å². The predicted octanol–water partition coefficient (Wildman–Crippen LogP) is 5.44. The highest BCUT2D eigenvalue weighted by Crippen LogP contribution is 2.35. The fraction of sp³-hybridized carbons (Fsp3) is 0.214. The van der Waals surface area contributed by atoms with Crippen LogP contribution >= 0.6 is 0 Å². The Hall–Kier alpha value is -3.93. The molecular weight excluding hydrogens is 429 g/mol. The third-order valence-corrected chi connectivity index (χ3v) is 6.55. The lowest BCUT2D eigenvalue weighted by Gasteiger charge is -2.18. The number of nitrogens with one attached hydrogen (secondary N) is 1.